The van der Waals surface area contributed by atoms with Crippen molar-refractivity contribution >= 4 is 5.91 Å². The van der Waals surface area contributed by atoms with Gasteiger partial charge in [-0.05, 0) is 49.1 Å². The molecule has 4 atom stereocenters. The second-order valence-corrected chi connectivity index (χ2v) is 7.05. The Morgan fingerprint density at radius 1 is 1.32 bits per heavy atom. The highest BCUT2D eigenvalue weighted by molar-refractivity contribution is 5.96. The highest BCUT2D eigenvalue weighted by Gasteiger charge is 2.53. The van der Waals surface area contributed by atoms with Crippen molar-refractivity contribution in [1.29, 1.82) is 0 Å². The number of fused-ring (bicyclic) bond motifs is 1. The molecule has 4 nitrogen and oxygen atoms in total. The molecule has 2 bridgehead atoms. The molecule has 4 rings (SSSR count). The summed E-state index contributed by atoms with van der Waals surface area (Å²) in [6.45, 7) is 0. The van der Waals surface area contributed by atoms with Gasteiger partial charge in [0.05, 0.1) is 11.7 Å². The van der Waals surface area contributed by atoms with Gasteiger partial charge in [0.25, 0.3) is 5.91 Å². The van der Waals surface area contributed by atoms with E-state index < -0.39 is 12.0 Å². The summed E-state index contributed by atoms with van der Waals surface area (Å²) in [7, 11) is 0. The molecule has 4 heteroatoms. The molecule has 0 heterocycles. The Morgan fingerprint density at radius 3 is 2.91 bits per heavy atom. The number of allylic oxidation sites excluding steroid dienone is 1. The van der Waals surface area contributed by atoms with Crippen LogP contribution in [0.5, 0.6) is 5.75 Å². The highest BCUT2D eigenvalue weighted by atomic mass is 16.3. The minimum Gasteiger partial charge on any atom is -0.507 e. The van der Waals surface area contributed by atoms with Gasteiger partial charge in [0.2, 0.25) is 0 Å². The van der Waals surface area contributed by atoms with Gasteiger partial charge >= 0.3 is 0 Å². The van der Waals surface area contributed by atoms with E-state index in [1.807, 2.05) is 12.1 Å². The van der Waals surface area contributed by atoms with Crippen LogP contribution in [0.1, 0.15) is 47.2 Å². The van der Waals surface area contributed by atoms with Crippen molar-refractivity contribution in [3.8, 4) is 5.75 Å². The Kier molecular flexibility index (Phi) is 2.89. The van der Waals surface area contributed by atoms with E-state index in [0.717, 1.165) is 30.4 Å². The molecule has 1 aromatic carbocycles. The molecule has 1 aromatic rings. The average molecular weight is 299 g/mol. The topological polar surface area (TPSA) is 83.6 Å². The maximum absolute atomic E-state index is 11.6. The third-order valence-electron chi connectivity index (χ3n) is 5.97. The van der Waals surface area contributed by atoms with Crippen LogP contribution >= 0.6 is 0 Å². The van der Waals surface area contributed by atoms with E-state index in [9.17, 15) is 15.0 Å². The summed E-state index contributed by atoms with van der Waals surface area (Å²) in [4.78, 5) is 11.6. The van der Waals surface area contributed by atoms with Gasteiger partial charge in [-0.3, -0.25) is 4.79 Å². The molecule has 116 valence electrons. The SMILES string of the molecule is NC(=O)c1ccc2c(c1O)[C@]13CCC[C@H](C2)C1C=CC(O)C3. The molecule has 0 aliphatic heterocycles. The number of benzene rings is 1. The zero-order valence-corrected chi connectivity index (χ0v) is 12.5. The van der Waals surface area contributed by atoms with Crippen LogP contribution in [0.2, 0.25) is 0 Å². The lowest BCUT2D eigenvalue weighted by atomic mass is 9.50. The van der Waals surface area contributed by atoms with Crippen molar-refractivity contribution in [3.05, 3.63) is 41.0 Å². The van der Waals surface area contributed by atoms with Crippen LogP contribution in [0.25, 0.3) is 0 Å². The molecular formula is C18H21NO3. The molecule has 22 heavy (non-hydrogen) atoms. The normalized spacial score (nSPS) is 35.6. The van der Waals surface area contributed by atoms with E-state index in [1.165, 1.54) is 6.42 Å². The smallest absolute Gasteiger partial charge is 0.252 e. The summed E-state index contributed by atoms with van der Waals surface area (Å²) in [5.74, 6) is 0.339. The number of carbonyl (C=O) groups is 1. The van der Waals surface area contributed by atoms with E-state index >= 15 is 0 Å². The lowest BCUT2D eigenvalue weighted by molar-refractivity contribution is 0.0623. The number of carbonyl (C=O) groups excluding carboxylic acids is 1. The minimum absolute atomic E-state index is 0.0397. The molecule has 0 radical (unpaired) electrons. The number of aliphatic hydroxyl groups is 1. The Labute approximate surface area is 129 Å². The molecule has 2 unspecified atom stereocenters. The Balaban J connectivity index is 1.98. The number of hydrogen-bond donors (Lipinski definition) is 3. The third kappa shape index (κ3) is 1.70. The zero-order valence-electron chi connectivity index (χ0n) is 12.5. The van der Waals surface area contributed by atoms with E-state index in [4.69, 9.17) is 5.73 Å². The molecule has 4 N–H and O–H groups in total. The molecular weight excluding hydrogens is 278 g/mol. The number of phenols is 1. The van der Waals surface area contributed by atoms with Crippen molar-refractivity contribution in [1.82, 2.24) is 0 Å². The number of aliphatic hydroxyl groups excluding tert-OH is 1. The van der Waals surface area contributed by atoms with Crippen molar-refractivity contribution in [2.45, 2.75) is 43.6 Å². The number of rotatable bonds is 1. The Bertz CT molecular complexity index is 681. The van der Waals surface area contributed by atoms with Gasteiger partial charge in [-0.1, -0.05) is 24.6 Å². The predicted octanol–water partition coefficient (Wildman–Crippen LogP) is 2.02. The number of primary amides is 1. The summed E-state index contributed by atoms with van der Waals surface area (Å²) in [5, 5.41) is 20.9. The van der Waals surface area contributed by atoms with Crippen LogP contribution in [-0.2, 0) is 11.8 Å². The van der Waals surface area contributed by atoms with Crippen molar-refractivity contribution in [2.24, 2.45) is 17.6 Å². The number of amides is 1. The van der Waals surface area contributed by atoms with Gasteiger partial charge in [-0.25, -0.2) is 0 Å². The fourth-order valence-electron chi connectivity index (χ4n) is 5.21. The predicted molar refractivity (Wildman–Crippen MR) is 82.6 cm³/mol. The van der Waals surface area contributed by atoms with Crippen molar-refractivity contribution in [3.63, 3.8) is 0 Å². The van der Waals surface area contributed by atoms with Crippen LogP contribution in [0.4, 0.5) is 0 Å². The van der Waals surface area contributed by atoms with Gasteiger partial charge in [0, 0.05) is 11.0 Å². The lowest BCUT2D eigenvalue weighted by Crippen LogP contribution is -2.50. The number of hydrogen-bond acceptors (Lipinski definition) is 3. The van der Waals surface area contributed by atoms with E-state index in [0.29, 0.717) is 18.3 Å². The van der Waals surface area contributed by atoms with E-state index in [-0.39, 0.29) is 16.7 Å². The summed E-state index contributed by atoms with van der Waals surface area (Å²) in [6.07, 6.45) is 8.31. The van der Waals surface area contributed by atoms with Crippen LogP contribution in [0.3, 0.4) is 0 Å². The fourth-order valence-corrected chi connectivity index (χ4v) is 5.21. The van der Waals surface area contributed by atoms with Crippen LogP contribution in [0.15, 0.2) is 24.3 Å². The maximum atomic E-state index is 11.6. The molecule has 3 aliphatic carbocycles. The second-order valence-electron chi connectivity index (χ2n) is 7.05. The fraction of sp³-hybridized carbons (Fsp3) is 0.500. The highest BCUT2D eigenvalue weighted by Crippen LogP contribution is 2.59. The third-order valence-corrected chi connectivity index (χ3v) is 5.97. The zero-order chi connectivity index (χ0) is 15.5. The summed E-state index contributed by atoms with van der Waals surface area (Å²) in [6, 6.07) is 3.58. The molecule has 1 fully saturated rings. The number of aromatic hydroxyl groups is 1. The Hall–Kier alpha value is -1.81. The van der Waals surface area contributed by atoms with Gasteiger partial charge in [-0.15, -0.1) is 0 Å². The van der Waals surface area contributed by atoms with Gasteiger partial charge in [0.1, 0.15) is 5.75 Å². The maximum Gasteiger partial charge on any atom is 0.252 e. The van der Waals surface area contributed by atoms with Crippen LogP contribution < -0.4 is 5.73 Å². The van der Waals surface area contributed by atoms with Gasteiger partial charge < -0.3 is 15.9 Å². The molecule has 0 saturated heterocycles. The molecule has 1 amide bonds. The minimum atomic E-state index is -0.599. The standard InChI is InChI=1S/C18H21NO3/c19-17(22)13-5-3-11-8-10-2-1-7-18(15(11)16(13)21)9-12(20)4-6-14(10)18/h3-6,10,12,14,20-21H,1-2,7-9H2,(H2,19,22)/t10-,12?,14?,18+/m1/s1. The first kappa shape index (κ1) is 13.8. The van der Waals surface area contributed by atoms with Crippen molar-refractivity contribution in [2.75, 3.05) is 0 Å². The first-order valence-electron chi connectivity index (χ1n) is 8.04. The quantitative estimate of drug-likeness (QED) is 0.694. The first-order valence-corrected chi connectivity index (χ1v) is 8.04. The average Bonchev–Trinajstić information content (AvgIpc) is 2.45. The molecule has 0 aromatic heterocycles. The number of nitrogens with two attached hydrogens (primary N) is 1. The first-order chi connectivity index (χ1) is 10.5. The molecule has 3 aliphatic rings. The monoisotopic (exact) mass is 299 g/mol. The molecule has 0 spiro atoms. The van der Waals surface area contributed by atoms with Crippen LogP contribution in [0, 0.1) is 11.8 Å². The molecule has 1 saturated carbocycles. The Morgan fingerprint density at radius 2 is 2.14 bits per heavy atom. The van der Waals surface area contributed by atoms with Gasteiger partial charge in [-0.2, -0.15) is 0 Å². The van der Waals surface area contributed by atoms with Crippen LogP contribution in [-0.4, -0.2) is 22.2 Å². The largest absolute Gasteiger partial charge is 0.507 e. The van der Waals surface area contributed by atoms with Gasteiger partial charge in [0.15, 0.2) is 0 Å². The van der Waals surface area contributed by atoms with Crippen molar-refractivity contribution < 1.29 is 15.0 Å². The summed E-state index contributed by atoms with van der Waals surface area (Å²) >= 11 is 0. The second kappa shape index (κ2) is 4.59. The lowest BCUT2D eigenvalue weighted by Gasteiger charge is -2.54. The van der Waals surface area contributed by atoms with E-state index in [1.54, 1.807) is 6.07 Å². The van der Waals surface area contributed by atoms with E-state index in [2.05, 4.69) is 6.08 Å². The summed E-state index contributed by atoms with van der Waals surface area (Å²) in [5.41, 5.74) is 7.34. The summed E-state index contributed by atoms with van der Waals surface area (Å²) < 4.78 is 0.